The van der Waals surface area contributed by atoms with Crippen LogP contribution in [0, 0.1) is 10.1 Å². The molecule has 110 valence electrons. The van der Waals surface area contributed by atoms with Gasteiger partial charge in [0, 0.05) is 19.2 Å². The molecule has 0 atom stereocenters. The number of carbonyl (C=O) groups excluding carboxylic acids is 1. The number of amides is 1. The summed E-state index contributed by atoms with van der Waals surface area (Å²) in [6, 6.07) is 1.27. The van der Waals surface area contributed by atoms with Gasteiger partial charge in [0.2, 0.25) is 0 Å². The molecular formula is C13H19N3O4. The van der Waals surface area contributed by atoms with Gasteiger partial charge >= 0.3 is 0 Å². The molecule has 1 heterocycles. The molecule has 7 nitrogen and oxygen atoms in total. The molecule has 2 N–H and O–H groups in total. The summed E-state index contributed by atoms with van der Waals surface area (Å²) in [7, 11) is 0. The van der Waals surface area contributed by atoms with E-state index >= 15 is 0 Å². The van der Waals surface area contributed by atoms with Crippen molar-refractivity contribution in [2.24, 2.45) is 0 Å². The Kier molecular flexibility index (Phi) is 4.08. The first-order chi connectivity index (χ1) is 9.45. The van der Waals surface area contributed by atoms with Crippen LogP contribution in [0.15, 0.2) is 12.3 Å². The second-order valence-corrected chi connectivity index (χ2v) is 5.29. The first-order valence-electron chi connectivity index (χ1n) is 6.80. The molecule has 0 spiro atoms. The Bertz CT molecular complexity index is 520. The summed E-state index contributed by atoms with van der Waals surface area (Å²) < 4.78 is 1.58. The highest BCUT2D eigenvalue weighted by Gasteiger charge is 2.34. The van der Waals surface area contributed by atoms with Gasteiger partial charge in [0.25, 0.3) is 11.6 Å². The normalized spacial score (nSPS) is 16.5. The zero-order chi connectivity index (χ0) is 14.8. The lowest BCUT2D eigenvalue weighted by molar-refractivity contribution is -0.384. The summed E-state index contributed by atoms with van der Waals surface area (Å²) in [5.74, 6) is -0.383. The standard InChI is InChI=1S/C13H19N3O4/c1-2-6-15-8-10(16(19)20)7-11(15)12(17)14-9-13(18)4-3-5-13/h7-8,18H,2-6,9H2,1H3,(H,14,17). The van der Waals surface area contributed by atoms with Crippen molar-refractivity contribution in [2.45, 2.75) is 44.8 Å². The summed E-state index contributed by atoms with van der Waals surface area (Å²) in [6.07, 6.45) is 4.48. The van der Waals surface area contributed by atoms with E-state index in [0.29, 0.717) is 19.4 Å². The van der Waals surface area contributed by atoms with Crippen molar-refractivity contribution in [2.75, 3.05) is 6.54 Å². The minimum Gasteiger partial charge on any atom is -0.388 e. The molecule has 2 rings (SSSR count). The van der Waals surface area contributed by atoms with Crippen LogP contribution in [0.5, 0.6) is 0 Å². The highest BCUT2D eigenvalue weighted by atomic mass is 16.6. The highest BCUT2D eigenvalue weighted by Crippen LogP contribution is 2.30. The van der Waals surface area contributed by atoms with E-state index in [4.69, 9.17) is 0 Å². The van der Waals surface area contributed by atoms with Gasteiger partial charge in [-0.25, -0.2) is 0 Å². The van der Waals surface area contributed by atoms with Gasteiger partial charge in [-0.3, -0.25) is 14.9 Å². The maximum atomic E-state index is 12.1. The van der Waals surface area contributed by atoms with Gasteiger partial charge in [0.15, 0.2) is 0 Å². The fourth-order valence-electron chi connectivity index (χ4n) is 2.31. The average molecular weight is 281 g/mol. The van der Waals surface area contributed by atoms with Crippen molar-refractivity contribution in [3.8, 4) is 0 Å². The smallest absolute Gasteiger partial charge is 0.287 e. The SMILES string of the molecule is CCCn1cc([N+](=O)[O-])cc1C(=O)NCC1(O)CCC1. The minimum atomic E-state index is -0.802. The summed E-state index contributed by atoms with van der Waals surface area (Å²) in [6.45, 7) is 2.67. The van der Waals surface area contributed by atoms with Crippen molar-refractivity contribution in [1.82, 2.24) is 9.88 Å². The number of hydrogen-bond donors (Lipinski definition) is 2. The number of nitro groups is 1. The Hall–Kier alpha value is -1.89. The lowest BCUT2D eigenvalue weighted by Gasteiger charge is -2.36. The third-order valence-electron chi connectivity index (χ3n) is 3.65. The summed E-state index contributed by atoms with van der Waals surface area (Å²) in [5.41, 5.74) is -0.628. The Morgan fingerprint density at radius 1 is 1.60 bits per heavy atom. The van der Waals surface area contributed by atoms with Gasteiger partial charge in [0.05, 0.1) is 16.7 Å². The maximum absolute atomic E-state index is 12.1. The first-order valence-corrected chi connectivity index (χ1v) is 6.80. The van der Waals surface area contributed by atoms with E-state index in [1.165, 1.54) is 12.3 Å². The molecular weight excluding hydrogens is 262 g/mol. The monoisotopic (exact) mass is 281 g/mol. The van der Waals surface area contributed by atoms with Crippen molar-refractivity contribution < 1.29 is 14.8 Å². The molecule has 1 aliphatic rings. The van der Waals surface area contributed by atoms with Gasteiger partial charge < -0.3 is 15.0 Å². The second-order valence-electron chi connectivity index (χ2n) is 5.29. The predicted octanol–water partition coefficient (Wildman–Crippen LogP) is 1.45. The number of rotatable bonds is 6. The van der Waals surface area contributed by atoms with Gasteiger partial charge in [0.1, 0.15) is 5.69 Å². The van der Waals surface area contributed by atoms with Gasteiger partial charge in [-0.05, 0) is 25.7 Å². The van der Waals surface area contributed by atoms with Crippen LogP contribution >= 0.6 is 0 Å². The van der Waals surface area contributed by atoms with Crippen LogP contribution in [0.2, 0.25) is 0 Å². The number of nitrogens with one attached hydrogen (secondary N) is 1. The Balaban J connectivity index is 2.09. The predicted molar refractivity (Wildman–Crippen MR) is 72.5 cm³/mol. The fourth-order valence-corrected chi connectivity index (χ4v) is 2.31. The molecule has 0 aromatic carbocycles. The molecule has 0 saturated heterocycles. The van der Waals surface area contributed by atoms with Crippen LogP contribution in [0.4, 0.5) is 5.69 Å². The van der Waals surface area contributed by atoms with E-state index in [2.05, 4.69) is 5.32 Å². The number of carbonyl (C=O) groups is 1. The van der Waals surface area contributed by atoms with Crippen LogP contribution in [-0.2, 0) is 6.54 Å². The van der Waals surface area contributed by atoms with Gasteiger partial charge in [-0.1, -0.05) is 6.92 Å². The molecule has 1 aromatic heterocycles. The molecule has 1 saturated carbocycles. The van der Waals surface area contributed by atoms with Gasteiger partial charge in [-0.2, -0.15) is 0 Å². The summed E-state index contributed by atoms with van der Waals surface area (Å²) in [5, 5.41) is 23.4. The Morgan fingerprint density at radius 2 is 2.30 bits per heavy atom. The Morgan fingerprint density at radius 3 is 2.80 bits per heavy atom. The average Bonchev–Trinajstić information content (AvgIpc) is 2.78. The van der Waals surface area contributed by atoms with Crippen LogP contribution in [0.1, 0.15) is 43.1 Å². The number of nitrogens with zero attached hydrogens (tertiary/aromatic N) is 2. The zero-order valence-corrected chi connectivity index (χ0v) is 11.5. The van der Waals surface area contributed by atoms with Crippen LogP contribution in [-0.4, -0.2) is 32.6 Å². The van der Waals surface area contributed by atoms with E-state index < -0.39 is 10.5 Å². The molecule has 1 amide bonds. The van der Waals surface area contributed by atoms with Crippen molar-refractivity contribution in [3.05, 3.63) is 28.1 Å². The zero-order valence-electron chi connectivity index (χ0n) is 11.5. The van der Waals surface area contributed by atoms with Crippen LogP contribution in [0.3, 0.4) is 0 Å². The molecule has 0 aliphatic heterocycles. The number of aliphatic hydroxyl groups is 1. The molecule has 0 bridgehead atoms. The van der Waals surface area contributed by atoms with Crippen molar-refractivity contribution in [1.29, 1.82) is 0 Å². The molecule has 0 radical (unpaired) electrons. The molecule has 20 heavy (non-hydrogen) atoms. The molecule has 0 unspecified atom stereocenters. The number of hydrogen-bond acceptors (Lipinski definition) is 4. The molecule has 1 aromatic rings. The first kappa shape index (κ1) is 14.5. The highest BCUT2D eigenvalue weighted by molar-refractivity contribution is 5.93. The Labute approximate surface area is 116 Å². The van der Waals surface area contributed by atoms with E-state index in [1.54, 1.807) is 4.57 Å². The largest absolute Gasteiger partial charge is 0.388 e. The third kappa shape index (κ3) is 2.98. The molecule has 7 heteroatoms. The molecule has 1 fully saturated rings. The topological polar surface area (TPSA) is 97.4 Å². The number of aromatic nitrogens is 1. The van der Waals surface area contributed by atoms with Crippen molar-refractivity contribution in [3.63, 3.8) is 0 Å². The lowest BCUT2D eigenvalue weighted by Crippen LogP contribution is -2.48. The fraction of sp³-hybridized carbons (Fsp3) is 0.615. The summed E-state index contributed by atoms with van der Waals surface area (Å²) in [4.78, 5) is 22.4. The van der Waals surface area contributed by atoms with E-state index in [-0.39, 0.29) is 23.8 Å². The number of aryl methyl sites for hydroxylation is 1. The summed E-state index contributed by atoms with van der Waals surface area (Å²) >= 11 is 0. The van der Waals surface area contributed by atoms with E-state index in [0.717, 1.165) is 12.8 Å². The maximum Gasteiger partial charge on any atom is 0.287 e. The minimum absolute atomic E-state index is 0.0917. The van der Waals surface area contributed by atoms with E-state index in [1.807, 2.05) is 6.92 Å². The van der Waals surface area contributed by atoms with Crippen LogP contribution < -0.4 is 5.32 Å². The third-order valence-corrected chi connectivity index (χ3v) is 3.65. The van der Waals surface area contributed by atoms with Gasteiger partial charge in [-0.15, -0.1) is 0 Å². The van der Waals surface area contributed by atoms with Crippen molar-refractivity contribution >= 4 is 11.6 Å². The van der Waals surface area contributed by atoms with E-state index in [9.17, 15) is 20.0 Å². The van der Waals surface area contributed by atoms with Crippen LogP contribution in [0.25, 0.3) is 0 Å². The quantitative estimate of drug-likeness (QED) is 0.609. The lowest BCUT2D eigenvalue weighted by atomic mass is 9.80. The second kappa shape index (κ2) is 5.62. The molecule has 1 aliphatic carbocycles.